The second kappa shape index (κ2) is 8.53. The summed E-state index contributed by atoms with van der Waals surface area (Å²) in [5, 5.41) is 3.02. The molecule has 0 aromatic heterocycles. The summed E-state index contributed by atoms with van der Waals surface area (Å²) in [7, 11) is 1.66. The van der Waals surface area contributed by atoms with Gasteiger partial charge in [0.05, 0.1) is 6.10 Å². The van der Waals surface area contributed by atoms with Crippen LogP contribution in [0.2, 0.25) is 0 Å². The molecule has 0 radical (unpaired) electrons. The van der Waals surface area contributed by atoms with Gasteiger partial charge in [0.15, 0.2) is 0 Å². The van der Waals surface area contributed by atoms with Crippen molar-refractivity contribution >= 4 is 5.91 Å². The monoisotopic (exact) mass is 230 g/mol. The van der Waals surface area contributed by atoms with Gasteiger partial charge in [0.25, 0.3) is 0 Å². The van der Waals surface area contributed by atoms with Crippen molar-refractivity contribution in [1.29, 1.82) is 0 Å². The molecule has 0 fully saturated rings. The molecule has 3 N–H and O–H groups in total. The van der Waals surface area contributed by atoms with Crippen LogP contribution in [0.5, 0.6) is 0 Å². The van der Waals surface area contributed by atoms with E-state index >= 15 is 0 Å². The number of nitrogens with one attached hydrogen (secondary N) is 1. The molecular formula is C12H26N2O2. The first-order valence-electron chi connectivity index (χ1n) is 6.03. The van der Waals surface area contributed by atoms with Crippen LogP contribution in [0.4, 0.5) is 0 Å². The van der Waals surface area contributed by atoms with E-state index in [1.165, 1.54) is 0 Å². The van der Waals surface area contributed by atoms with E-state index in [1.54, 1.807) is 7.11 Å². The predicted octanol–water partition coefficient (Wildman–Crippen LogP) is 1.29. The zero-order valence-corrected chi connectivity index (χ0v) is 11.0. The van der Waals surface area contributed by atoms with E-state index in [1.807, 2.05) is 6.92 Å². The fraction of sp³-hybridized carbons (Fsp3) is 0.917. The average Bonchev–Trinajstić information content (AvgIpc) is 2.25. The van der Waals surface area contributed by atoms with Gasteiger partial charge in [-0.3, -0.25) is 4.79 Å². The van der Waals surface area contributed by atoms with Crippen LogP contribution in [-0.4, -0.2) is 31.7 Å². The number of carbonyl (C=O) groups is 1. The van der Waals surface area contributed by atoms with Crippen molar-refractivity contribution in [2.24, 2.45) is 11.7 Å². The smallest absolute Gasteiger partial charge is 0.220 e. The number of hydrogen-bond donors (Lipinski definition) is 2. The van der Waals surface area contributed by atoms with E-state index < -0.39 is 0 Å². The van der Waals surface area contributed by atoms with Crippen LogP contribution in [-0.2, 0) is 9.53 Å². The van der Waals surface area contributed by atoms with Gasteiger partial charge in [-0.25, -0.2) is 0 Å². The molecule has 4 nitrogen and oxygen atoms in total. The molecule has 0 aromatic rings. The Kier molecular flexibility index (Phi) is 8.21. The molecule has 0 aliphatic heterocycles. The third kappa shape index (κ3) is 6.80. The van der Waals surface area contributed by atoms with Gasteiger partial charge in [-0.05, 0) is 32.2 Å². The minimum atomic E-state index is 0.0936. The molecule has 0 aliphatic rings. The topological polar surface area (TPSA) is 64.3 Å². The molecule has 0 aliphatic carbocycles. The Morgan fingerprint density at radius 1 is 1.31 bits per heavy atom. The molecule has 0 saturated carbocycles. The molecule has 0 saturated heterocycles. The Morgan fingerprint density at radius 2 is 1.94 bits per heavy atom. The van der Waals surface area contributed by atoms with Gasteiger partial charge in [0.2, 0.25) is 5.91 Å². The lowest BCUT2D eigenvalue weighted by molar-refractivity contribution is -0.122. The van der Waals surface area contributed by atoms with Gasteiger partial charge in [-0.15, -0.1) is 0 Å². The van der Waals surface area contributed by atoms with Gasteiger partial charge < -0.3 is 15.8 Å². The molecule has 0 aromatic carbocycles. The molecule has 2 atom stereocenters. The summed E-state index contributed by atoms with van der Waals surface area (Å²) < 4.78 is 5.10. The van der Waals surface area contributed by atoms with Crippen molar-refractivity contribution in [3.8, 4) is 0 Å². The molecule has 1 amide bonds. The maximum Gasteiger partial charge on any atom is 0.220 e. The third-order valence-corrected chi connectivity index (χ3v) is 2.81. The lowest BCUT2D eigenvalue weighted by Gasteiger charge is -2.22. The largest absolute Gasteiger partial charge is 0.382 e. The first-order chi connectivity index (χ1) is 7.51. The number of carbonyl (C=O) groups excluding carboxylic acids is 1. The number of amides is 1. The van der Waals surface area contributed by atoms with Crippen molar-refractivity contribution in [2.45, 2.75) is 52.2 Å². The highest BCUT2D eigenvalue weighted by atomic mass is 16.5. The zero-order chi connectivity index (χ0) is 12.6. The summed E-state index contributed by atoms with van der Waals surface area (Å²) in [5.74, 6) is 0.517. The Balaban J connectivity index is 3.90. The van der Waals surface area contributed by atoms with Crippen LogP contribution in [0.25, 0.3) is 0 Å². The minimum Gasteiger partial charge on any atom is -0.382 e. The molecular weight excluding hydrogens is 204 g/mol. The molecule has 16 heavy (non-hydrogen) atoms. The second-order valence-corrected chi connectivity index (χ2v) is 4.58. The molecule has 4 heteroatoms. The maximum atomic E-state index is 11.6. The summed E-state index contributed by atoms with van der Waals surface area (Å²) >= 11 is 0. The van der Waals surface area contributed by atoms with Crippen molar-refractivity contribution in [3.63, 3.8) is 0 Å². The number of rotatable bonds is 8. The van der Waals surface area contributed by atoms with E-state index in [0.717, 1.165) is 12.8 Å². The first kappa shape index (κ1) is 15.4. The summed E-state index contributed by atoms with van der Waals surface area (Å²) in [6.45, 7) is 6.77. The zero-order valence-electron chi connectivity index (χ0n) is 11.0. The molecule has 2 unspecified atom stereocenters. The molecule has 96 valence electrons. The molecule has 0 heterocycles. The van der Waals surface area contributed by atoms with Crippen molar-refractivity contribution in [1.82, 2.24) is 5.32 Å². The van der Waals surface area contributed by atoms with Crippen molar-refractivity contribution in [2.75, 3.05) is 13.7 Å². The fourth-order valence-electron chi connectivity index (χ4n) is 1.48. The summed E-state index contributed by atoms with van der Waals surface area (Å²) in [5.41, 5.74) is 5.52. The van der Waals surface area contributed by atoms with Crippen molar-refractivity contribution < 1.29 is 9.53 Å². The van der Waals surface area contributed by atoms with Gasteiger partial charge in [0, 0.05) is 19.6 Å². The fourth-order valence-corrected chi connectivity index (χ4v) is 1.48. The van der Waals surface area contributed by atoms with Gasteiger partial charge in [-0.2, -0.15) is 0 Å². The Hall–Kier alpha value is -0.610. The first-order valence-corrected chi connectivity index (χ1v) is 6.03. The van der Waals surface area contributed by atoms with Crippen LogP contribution in [0.3, 0.4) is 0 Å². The number of ether oxygens (including phenoxy) is 1. The predicted molar refractivity (Wildman–Crippen MR) is 66.1 cm³/mol. The summed E-state index contributed by atoms with van der Waals surface area (Å²) in [6.07, 6.45) is 2.25. The highest BCUT2D eigenvalue weighted by molar-refractivity contribution is 5.76. The summed E-state index contributed by atoms with van der Waals surface area (Å²) in [4.78, 5) is 11.6. The quantitative estimate of drug-likeness (QED) is 0.660. The van der Waals surface area contributed by atoms with E-state index in [-0.39, 0.29) is 18.1 Å². The van der Waals surface area contributed by atoms with Crippen molar-refractivity contribution in [3.05, 3.63) is 0 Å². The van der Waals surface area contributed by atoms with E-state index in [9.17, 15) is 4.79 Å². The maximum absolute atomic E-state index is 11.6. The van der Waals surface area contributed by atoms with E-state index in [4.69, 9.17) is 10.5 Å². The molecule has 0 spiro atoms. The van der Waals surface area contributed by atoms with Gasteiger partial charge >= 0.3 is 0 Å². The number of nitrogens with two attached hydrogens (primary N) is 1. The highest BCUT2D eigenvalue weighted by Gasteiger charge is 2.15. The lowest BCUT2D eigenvalue weighted by atomic mass is 10.0. The van der Waals surface area contributed by atoms with E-state index in [0.29, 0.717) is 18.9 Å². The summed E-state index contributed by atoms with van der Waals surface area (Å²) in [6, 6.07) is 0.190. The second-order valence-electron chi connectivity index (χ2n) is 4.58. The van der Waals surface area contributed by atoms with Gasteiger partial charge in [0.1, 0.15) is 0 Å². The normalized spacial score (nSPS) is 14.9. The number of hydrogen-bond acceptors (Lipinski definition) is 3. The van der Waals surface area contributed by atoms with Gasteiger partial charge in [-0.1, -0.05) is 13.8 Å². The SMILES string of the molecule is COC(C)CCC(=O)NC(CCN)C(C)C. The number of methoxy groups -OCH3 is 1. The Bertz CT molecular complexity index is 195. The van der Waals surface area contributed by atoms with Crippen LogP contribution < -0.4 is 11.1 Å². The Labute approximate surface area is 98.9 Å². The average molecular weight is 230 g/mol. The third-order valence-electron chi connectivity index (χ3n) is 2.81. The standard InChI is InChI=1S/C12H26N2O2/c1-9(2)11(7-8-13)14-12(15)6-5-10(3)16-4/h9-11H,5-8,13H2,1-4H3,(H,14,15). The van der Waals surface area contributed by atoms with Crippen LogP contribution in [0.15, 0.2) is 0 Å². The molecule has 0 bridgehead atoms. The van der Waals surface area contributed by atoms with E-state index in [2.05, 4.69) is 19.2 Å². The highest BCUT2D eigenvalue weighted by Crippen LogP contribution is 2.06. The van der Waals surface area contributed by atoms with Crippen LogP contribution >= 0.6 is 0 Å². The lowest BCUT2D eigenvalue weighted by Crippen LogP contribution is -2.40. The van der Waals surface area contributed by atoms with Crippen LogP contribution in [0, 0.1) is 5.92 Å². The Morgan fingerprint density at radius 3 is 2.38 bits per heavy atom. The molecule has 0 rings (SSSR count). The van der Waals surface area contributed by atoms with Crippen LogP contribution in [0.1, 0.15) is 40.0 Å². The minimum absolute atomic E-state index is 0.0936.